The minimum absolute atomic E-state index is 0.253. The second-order valence-corrected chi connectivity index (χ2v) is 6.64. The summed E-state index contributed by atoms with van der Waals surface area (Å²) in [6.45, 7) is 6.92. The van der Waals surface area contributed by atoms with Crippen LogP contribution in [0.15, 0.2) is 35.3 Å². The van der Waals surface area contributed by atoms with Crippen LogP contribution in [0, 0.1) is 5.41 Å². The Hall–Kier alpha value is -1.75. The third-order valence-electron chi connectivity index (χ3n) is 4.46. The van der Waals surface area contributed by atoms with Crippen LogP contribution in [-0.4, -0.2) is 51.9 Å². The van der Waals surface area contributed by atoms with E-state index in [1.165, 1.54) is 5.69 Å². The zero-order chi connectivity index (χ0) is 15.4. The van der Waals surface area contributed by atoms with Gasteiger partial charge in [-0.25, -0.2) is 0 Å². The summed E-state index contributed by atoms with van der Waals surface area (Å²) in [5, 5.41) is 6.98. The number of benzene rings is 1. The van der Waals surface area contributed by atoms with Crippen molar-refractivity contribution < 1.29 is 4.74 Å². The molecule has 0 bridgehead atoms. The van der Waals surface area contributed by atoms with Gasteiger partial charge in [-0.1, -0.05) is 25.1 Å². The quantitative estimate of drug-likeness (QED) is 0.653. The van der Waals surface area contributed by atoms with Crippen molar-refractivity contribution in [1.82, 2.24) is 10.6 Å². The number of guanidine groups is 1. The van der Waals surface area contributed by atoms with E-state index in [2.05, 4.69) is 57.8 Å². The number of ether oxygens (including phenoxy) is 1. The van der Waals surface area contributed by atoms with Crippen LogP contribution in [0.3, 0.4) is 0 Å². The van der Waals surface area contributed by atoms with Gasteiger partial charge in [-0.05, 0) is 18.6 Å². The topological polar surface area (TPSA) is 48.9 Å². The first-order chi connectivity index (χ1) is 10.7. The Kier molecular flexibility index (Phi) is 4.52. The summed E-state index contributed by atoms with van der Waals surface area (Å²) < 4.78 is 5.29. The number of aliphatic imine (C=N–C) groups is 1. The molecule has 0 radical (unpaired) electrons. The normalized spacial score (nSPS) is 24.0. The van der Waals surface area contributed by atoms with Crippen molar-refractivity contribution in [2.75, 3.05) is 44.8 Å². The third kappa shape index (κ3) is 3.53. The second-order valence-electron chi connectivity index (χ2n) is 6.64. The first-order valence-electron chi connectivity index (χ1n) is 8.03. The minimum Gasteiger partial charge on any atom is -0.380 e. The molecule has 120 valence electrons. The lowest BCUT2D eigenvalue weighted by molar-refractivity contribution is -0.0971. The van der Waals surface area contributed by atoms with Crippen LogP contribution in [0.25, 0.3) is 0 Å². The minimum atomic E-state index is 0.253. The molecule has 2 aliphatic rings. The molecule has 22 heavy (non-hydrogen) atoms. The maximum absolute atomic E-state index is 5.29. The molecular weight excluding hydrogens is 276 g/mol. The van der Waals surface area contributed by atoms with Crippen LogP contribution in [0.1, 0.15) is 13.3 Å². The molecule has 1 atom stereocenters. The fraction of sp³-hybridized carbons (Fsp3) is 0.588. The third-order valence-corrected chi connectivity index (χ3v) is 4.46. The molecule has 0 amide bonds. The van der Waals surface area contributed by atoms with Crippen molar-refractivity contribution in [3.8, 4) is 0 Å². The molecule has 5 heteroatoms. The molecular formula is C17H26N4O. The van der Waals surface area contributed by atoms with Gasteiger partial charge in [0, 0.05) is 43.8 Å². The van der Waals surface area contributed by atoms with Gasteiger partial charge in [-0.2, -0.15) is 0 Å². The number of rotatable bonds is 4. The molecule has 5 nitrogen and oxygen atoms in total. The van der Waals surface area contributed by atoms with E-state index in [4.69, 9.17) is 4.74 Å². The number of nitrogens with zero attached hydrogens (tertiary/aromatic N) is 2. The highest BCUT2D eigenvalue weighted by Crippen LogP contribution is 2.25. The van der Waals surface area contributed by atoms with Gasteiger partial charge in [0.1, 0.15) is 0 Å². The molecule has 0 aromatic heterocycles. The van der Waals surface area contributed by atoms with Crippen molar-refractivity contribution >= 4 is 11.6 Å². The summed E-state index contributed by atoms with van der Waals surface area (Å²) in [6, 6.07) is 11.0. The summed E-state index contributed by atoms with van der Waals surface area (Å²) in [7, 11) is 1.83. The summed E-state index contributed by atoms with van der Waals surface area (Å²) in [5.41, 5.74) is 1.55. The predicted octanol–water partition coefficient (Wildman–Crippen LogP) is 1.47. The smallest absolute Gasteiger partial charge is 0.191 e. The van der Waals surface area contributed by atoms with E-state index in [1.54, 1.807) is 0 Å². The Bertz CT molecular complexity index is 513. The predicted molar refractivity (Wildman–Crippen MR) is 90.5 cm³/mol. The monoisotopic (exact) mass is 302 g/mol. The van der Waals surface area contributed by atoms with E-state index < -0.39 is 0 Å². The Balaban J connectivity index is 1.48. The van der Waals surface area contributed by atoms with Crippen molar-refractivity contribution in [1.29, 1.82) is 0 Å². The van der Waals surface area contributed by atoms with E-state index in [0.29, 0.717) is 6.04 Å². The lowest BCUT2D eigenvalue weighted by atomic mass is 9.89. The van der Waals surface area contributed by atoms with Crippen molar-refractivity contribution in [3.63, 3.8) is 0 Å². The lowest BCUT2D eigenvalue weighted by Crippen LogP contribution is -2.52. The molecule has 2 fully saturated rings. The van der Waals surface area contributed by atoms with Crippen LogP contribution in [0.5, 0.6) is 0 Å². The van der Waals surface area contributed by atoms with E-state index in [1.807, 2.05) is 7.05 Å². The molecule has 2 aliphatic heterocycles. The molecule has 0 spiro atoms. The fourth-order valence-electron chi connectivity index (χ4n) is 2.99. The molecule has 0 saturated carbocycles. The van der Waals surface area contributed by atoms with Gasteiger partial charge in [0.2, 0.25) is 0 Å². The maximum Gasteiger partial charge on any atom is 0.191 e. The number of hydrogen-bond donors (Lipinski definition) is 2. The van der Waals surface area contributed by atoms with Crippen molar-refractivity contribution in [2.45, 2.75) is 19.4 Å². The second kappa shape index (κ2) is 6.57. The average Bonchev–Trinajstić information content (AvgIpc) is 2.99. The highest BCUT2D eigenvalue weighted by Gasteiger charge is 2.33. The lowest BCUT2D eigenvalue weighted by Gasteiger charge is -2.38. The summed E-state index contributed by atoms with van der Waals surface area (Å²) in [5.74, 6) is 0.896. The molecule has 2 saturated heterocycles. The number of hydrogen-bond acceptors (Lipinski definition) is 3. The van der Waals surface area contributed by atoms with Crippen LogP contribution < -0.4 is 15.5 Å². The van der Waals surface area contributed by atoms with Gasteiger partial charge in [-0.15, -0.1) is 0 Å². The molecule has 1 aromatic rings. The standard InChI is InChI=1S/C17H26N4O/c1-17(12-22-13-17)11-19-16(18-2)20-14-8-9-21(10-14)15-6-4-3-5-7-15/h3-7,14H,8-13H2,1-2H3,(H2,18,19,20). The van der Waals surface area contributed by atoms with Gasteiger partial charge < -0.3 is 20.3 Å². The van der Waals surface area contributed by atoms with Gasteiger partial charge in [0.15, 0.2) is 5.96 Å². The van der Waals surface area contributed by atoms with Gasteiger partial charge in [-0.3, -0.25) is 4.99 Å². The van der Waals surface area contributed by atoms with Crippen molar-refractivity contribution in [2.24, 2.45) is 10.4 Å². The zero-order valence-corrected chi connectivity index (χ0v) is 13.5. The number of anilines is 1. The summed E-state index contributed by atoms with van der Waals surface area (Å²) >= 11 is 0. The van der Waals surface area contributed by atoms with E-state index in [-0.39, 0.29) is 5.41 Å². The Morgan fingerprint density at radius 1 is 1.36 bits per heavy atom. The largest absolute Gasteiger partial charge is 0.380 e. The molecule has 0 aliphatic carbocycles. The van der Waals surface area contributed by atoms with Gasteiger partial charge >= 0.3 is 0 Å². The SMILES string of the molecule is CN=C(NCC1(C)COC1)NC1CCN(c2ccccc2)C1. The van der Waals surface area contributed by atoms with Crippen LogP contribution in [0.4, 0.5) is 5.69 Å². The molecule has 3 rings (SSSR count). The van der Waals surface area contributed by atoms with Crippen LogP contribution >= 0.6 is 0 Å². The van der Waals surface area contributed by atoms with Gasteiger partial charge in [0.25, 0.3) is 0 Å². The Labute approximate surface area is 132 Å². The van der Waals surface area contributed by atoms with Crippen molar-refractivity contribution in [3.05, 3.63) is 30.3 Å². The first kappa shape index (κ1) is 15.2. The zero-order valence-electron chi connectivity index (χ0n) is 13.5. The van der Waals surface area contributed by atoms with Crippen LogP contribution in [0.2, 0.25) is 0 Å². The highest BCUT2D eigenvalue weighted by atomic mass is 16.5. The fourth-order valence-corrected chi connectivity index (χ4v) is 2.99. The number of nitrogens with one attached hydrogen (secondary N) is 2. The van der Waals surface area contributed by atoms with E-state index in [9.17, 15) is 0 Å². The highest BCUT2D eigenvalue weighted by molar-refractivity contribution is 5.80. The maximum atomic E-state index is 5.29. The molecule has 1 aromatic carbocycles. The number of para-hydroxylation sites is 1. The summed E-state index contributed by atoms with van der Waals surface area (Å²) in [4.78, 5) is 6.77. The van der Waals surface area contributed by atoms with E-state index in [0.717, 1.165) is 45.2 Å². The van der Waals surface area contributed by atoms with Crippen LogP contribution in [-0.2, 0) is 4.74 Å². The molecule has 2 heterocycles. The Morgan fingerprint density at radius 2 is 2.14 bits per heavy atom. The van der Waals surface area contributed by atoms with E-state index >= 15 is 0 Å². The molecule has 1 unspecified atom stereocenters. The van der Waals surface area contributed by atoms with Gasteiger partial charge in [0.05, 0.1) is 13.2 Å². The summed E-state index contributed by atoms with van der Waals surface area (Å²) in [6.07, 6.45) is 1.13. The molecule has 2 N–H and O–H groups in total. The Morgan fingerprint density at radius 3 is 2.77 bits per heavy atom. The average molecular weight is 302 g/mol. The first-order valence-corrected chi connectivity index (χ1v) is 8.03.